The predicted octanol–water partition coefficient (Wildman–Crippen LogP) is 1.88. The van der Waals surface area contributed by atoms with E-state index in [1.54, 1.807) is 18.3 Å². The lowest BCUT2D eigenvalue weighted by atomic mass is 9.97. The zero-order valence-corrected chi connectivity index (χ0v) is 15.1. The van der Waals surface area contributed by atoms with Crippen molar-refractivity contribution < 1.29 is 4.79 Å². The third-order valence-electron chi connectivity index (χ3n) is 4.57. The van der Waals surface area contributed by atoms with E-state index in [2.05, 4.69) is 38.3 Å². The van der Waals surface area contributed by atoms with E-state index in [4.69, 9.17) is 0 Å². The number of rotatable bonds is 5. The number of anilines is 1. The van der Waals surface area contributed by atoms with Gasteiger partial charge in [-0.15, -0.1) is 17.5 Å². The minimum Gasteiger partial charge on any atom is -0.323 e. The normalized spacial score (nSPS) is 16.4. The summed E-state index contributed by atoms with van der Waals surface area (Å²) in [6.45, 7) is 2.23. The fraction of sp³-hybridized carbons (Fsp3) is 0.333. The van der Waals surface area contributed by atoms with Gasteiger partial charge in [0.15, 0.2) is 0 Å². The largest absolute Gasteiger partial charge is 0.323 e. The number of hydrogen-bond donors (Lipinski definition) is 2. The molecule has 1 atom stereocenters. The summed E-state index contributed by atoms with van der Waals surface area (Å²) < 4.78 is 1.53. The van der Waals surface area contributed by atoms with Crippen LogP contribution in [0.1, 0.15) is 17.5 Å². The molecule has 4 rings (SSSR count). The number of nitrogens with zero attached hydrogens (tertiary/aromatic N) is 4. The van der Waals surface area contributed by atoms with E-state index in [1.807, 2.05) is 12.1 Å². The highest BCUT2D eigenvalue weighted by molar-refractivity contribution is 5.95. The summed E-state index contributed by atoms with van der Waals surface area (Å²) >= 11 is 0. The van der Waals surface area contributed by atoms with Gasteiger partial charge in [0.25, 0.3) is 0 Å². The molecule has 1 aliphatic heterocycles. The lowest BCUT2D eigenvalue weighted by Gasteiger charge is -2.09. The number of tetrazole rings is 1. The van der Waals surface area contributed by atoms with Crippen molar-refractivity contribution in [1.29, 1.82) is 0 Å². The van der Waals surface area contributed by atoms with Crippen LogP contribution < -0.4 is 10.6 Å². The molecular formula is C18H21ClN6O. The summed E-state index contributed by atoms with van der Waals surface area (Å²) in [4.78, 5) is 12.3. The van der Waals surface area contributed by atoms with Crippen LogP contribution in [-0.4, -0.2) is 39.0 Å². The highest BCUT2D eigenvalue weighted by Gasteiger charge is 2.15. The summed E-state index contributed by atoms with van der Waals surface area (Å²) in [6, 6.07) is 11.9. The summed E-state index contributed by atoms with van der Waals surface area (Å²) in [6.07, 6.45) is 4.41. The van der Waals surface area contributed by atoms with Crippen LogP contribution in [0.3, 0.4) is 0 Å². The number of benzene rings is 1. The molecule has 1 amide bonds. The molecular weight excluding hydrogens is 352 g/mol. The summed E-state index contributed by atoms with van der Waals surface area (Å²) in [5, 5.41) is 17.6. The summed E-state index contributed by atoms with van der Waals surface area (Å²) in [7, 11) is 0. The number of hydrogen-bond acceptors (Lipinski definition) is 5. The van der Waals surface area contributed by atoms with Crippen molar-refractivity contribution in [3.63, 3.8) is 0 Å². The average Bonchev–Trinajstić information content (AvgIpc) is 3.28. The van der Waals surface area contributed by atoms with Gasteiger partial charge in [-0.2, -0.15) is 4.52 Å². The van der Waals surface area contributed by atoms with Crippen molar-refractivity contribution in [2.24, 2.45) is 5.92 Å². The molecule has 8 heteroatoms. The van der Waals surface area contributed by atoms with Crippen molar-refractivity contribution in [1.82, 2.24) is 25.4 Å². The Balaban J connectivity index is 0.00000196. The summed E-state index contributed by atoms with van der Waals surface area (Å²) in [5.74, 6) is 0.648. The molecule has 0 aliphatic carbocycles. The lowest BCUT2D eigenvalue weighted by Crippen LogP contribution is -2.15. The van der Waals surface area contributed by atoms with Crippen LogP contribution in [0.25, 0.3) is 5.65 Å². The molecule has 1 fully saturated rings. The first kappa shape index (κ1) is 18.3. The van der Waals surface area contributed by atoms with E-state index in [-0.39, 0.29) is 18.3 Å². The van der Waals surface area contributed by atoms with Crippen molar-refractivity contribution in [2.75, 3.05) is 18.4 Å². The van der Waals surface area contributed by atoms with Gasteiger partial charge in [-0.1, -0.05) is 24.3 Å². The molecule has 3 heterocycles. The van der Waals surface area contributed by atoms with Crippen molar-refractivity contribution in [3.05, 3.63) is 53.7 Å². The SMILES string of the molecule is Cl.O=C(Cc1ccc(CC2CCNC2)cc1)Nc1cccn2nnnc12. The molecule has 0 spiro atoms. The Labute approximate surface area is 157 Å². The van der Waals surface area contributed by atoms with Crippen LogP contribution in [0.4, 0.5) is 5.69 Å². The van der Waals surface area contributed by atoms with E-state index in [0.29, 0.717) is 17.8 Å². The standard InChI is InChI=1S/C18H20N6O.ClH/c25-17(20-16-2-1-9-24-18(16)21-22-23-24)11-14-5-3-13(4-6-14)10-15-7-8-19-12-15;/h1-6,9,15,19H,7-8,10-12H2,(H,20,25);1H. The summed E-state index contributed by atoms with van der Waals surface area (Å²) in [5.41, 5.74) is 3.48. The molecule has 0 bridgehead atoms. The van der Waals surface area contributed by atoms with Gasteiger partial charge in [0.2, 0.25) is 11.6 Å². The Bertz CT molecular complexity index is 873. The molecule has 0 radical (unpaired) electrons. The first-order valence-electron chi connectivity index (χ1n) is 8.53. The van der Waals surface area contributed by atoms with E-state index in [9.17, 15) is 4.79 Å². The number of fused-ring (bicyclic) bond motifs is 1. The zero-order chi connectivity index (χ0) is 17.1. The van der Waals surface area contributed by atoms with Crippen LogP contribution in [0.2, 0.25) is 0 Å². The number of nitrogens with one attached hydrogen (secondary N) is 2. The Kier molecular flexibility index (Phi) is 5.80. The molecule has 2 N–H and O–H groups in total. The van der Waals surface area contributed by atoms with Gasteiger partial charge >= 0.3 is 0 Å². The predicted molar refractivity (Wildman–Crippen MR) is 101 cm³/mol. The number of halogens is 1. The third-order valence-corrected chi connectivity index (χ3v) is 4.57. The van der Waals surface area contributed by atoms with Crippen LogP contribution in [0.5, 0.6) is 0 Å². The molecule has 1 aromatic carbocycles. The Morgan fingerprint density at radius 2 is 2.04 bits per heavy atom. The lowest BCUT2D eigenvalue weighted by molar-refractivity contribution is -0.115. The first-order valence-corrected chi connectivity index (χ1v) is 8.53. The van der Waals surface area contributed by atoms with Crippen LogP contribution in [-0.2, 0) is 17.6 Å². The van der Waals surface area contributed by atoms with Gasteiger partial charge in [0.1, 0.15) is 0 Å². The number of carbonyl (C=O) groups excluding carboxylic acids is 1. The van der Waals surface area contributed by atoms with Gasteiger partial charge in [-0.3, -0.25) is 4.79 Å². The quantitative estimate of drug-likeness (QED) is 0.714. The van der Waals surface area contributed by atoms with Crippen LogP contribution >= 0.6 is 12.4 Å². The van der Waals surface area contributed by atoms with Gasteiger partial charge in [-0.25, -0.2) is 0 Å². The maximum Gasteiger partial charge on any atom is 0.228 e. The van der Waals surface area contributed by atoms with E-state index in [1.165, 1.54) is 16.5 Å². The van der Waals surface area contributed by atoms with E-state index >= 15 is 0 Å². The molecule has 136 valence electrons. The molecule has 1 unspecified atom stereocenters. The van der Waals surface area contributed by atoms with Gasteiger partial charge in [0.05, 0.1) is 12.1 Å². The van der Waals surface area contributed by atoms with Crippen LogP contribution in [0, 0.1) is 5.92 Å². The third kappa shape index (κ3) is 4.17. The molecule has 26 heavy (non-hydrogen) atoms. The topological polar surface area (TPSA) is 84.2 Å². The smallest absolute Gasteiger partial charge is 0.228 e. The minimum absolute atomic E-state index is 0. The average molecular weight is 373 g/mol. The second-order valence-corrected chi connectivity index (χ2v) is 6.47. The monoisotopic (exact) mass is 372 g/mol. The first-order chi connectivity index (χ1) is 12.3. The molecule has 1 aliphatic rings. The number of pyridine rings is 1. The number of amides is 1. The molecule has 0 saturated carbocycles. The van der Waals surface area contributed by atoms with Gasteiger partial charge < -0.3 is 10.6 Å². The number of carbonyl (C=O) groups is 1. The molecule has 7 nitrogen and oxygen atoms in total. The Morgan fingerprint density at radius 1 is 1.23 bits per heavy atom. The highest BCUT2D eigenvalue weighted by atomic mass is 35.5. The highest BCUT2D eigenvalue weighted by Crippen LogP contribution is 2.17. The second-order valence-electron chi connectivity index (χ2n) is 6.47. The minimum atomic E-state index is -0.0798. The van der Waals surface area contributed by atoms with Crippen molar-refractivity contribution >= 4 is 29.6 Å². The Hall–Kier alpha value is -2.51. The van der Waals surface area contributed by atoms with Crippen LogP contribution in [0.15, 0.2) is 42.6 Å². The number of aromatic nitrogens is 4. The molecule has 2 aromatic heterocycles. The molecule has 3 aromatic rings. The Morgan fingerprint density at radius 3 is 2.81 bits per heavy atom. The van der Waals surface area contributed by atoms with E-state index < -0.39 is 0 Å². The maximum atomic E-state index is 12.3. The fourth-order valence-electron chi connectivity index (χ4n) is 3.26. The zero-order valence-electron chi connectivity index (χ0n) is 14.3. The fourth-order valence-corrected chi connectivity index (χ4v) is 3.26. The van der Waals surface area contributed by atoms with Crippen molar-refractivity contribution in [3.8, 4) is 0 Å². The van der Waals surface area contributed by atoms with E-state index in [0.717, 1.165) is 31.0 Å². The van der Waals surface area contributed by atoms with Gasteiger partial charge in [0, 0.05) is 6.20 Å². The van der Waals surface area contributed by atoms with Crippen molar-refractivity contribution in [2.45, 2.75) is 19.3 Å². The molecule has 1 saturated heterocycles. The van der Waals surface area contributed by atoms with Gasteiger partial charge in [-0.05, 0) is 65.5 Å². The second kappa shape index (κ2) is 8.25. The maximum absolute atomic E-state index is 12.3.